The second kappa shape index (κ2) is 6.53. The number of carboxylic acid groups (broad SMARTS) is 1. The monoisotopic (exact) mass is 298 g/mol. The minimum Gasteiger partial charge on any atom is -0.478 e. The molecular formula is C16H14N2O4. The first-order valence-electron chi connectivity index (χ1n) is 6.48. The lowest BCUT2D eigenvalue weighted by molar-refractivity contribution is 0.0690. The Kier molecular flexibility index (Phi) is 4.53. The molecule has 0 saturated heterocycles. The number of hydrogen-bond donors (Lipinski definition) is 3. The third kappa shape index (κ3) is 3.49. The molecule has 2 rings (SSSR count). The molecule has 2 amide bonds. The third-order valence-electron chi connectivity index (χ3n) is 3.01. The first-order valence-corrected chi connectivity index (χ1v) is 6.48. The molecule has 2 aromatic carbocycles. The highest BCUT2D eigenvalue weighted by molar-refractivity contribution is 6.05. The summed E-state index contributed by atoms with van der Waals surface area (Å²) >= 11 is 0. The van der Waals surface area contributed by atoms with E-state index >= 15 is 0 Å². The lowest BCUT2D eigenvalue weighted by Crippen LogP contribution is -2.42. The maximum absolute atomic E-state index is 12.0. The van der Waals surface area contributed by atoms with E-state index in [1.54, 1.807) is 30.3 Å². The number of hydrogen-bond acceptors (Lipinski definition) is 3. The summed E-state index contributed by atoms with van der Waals surface area (Å²) in [7, 11) is 0. The largest absolute Gasteiger partial charge is 0.478 e. The Morgan fingerprint density at radius 3 is 1.95 bits per heavy atom. The molecule has 0 atom stereocenters. The van der Waals surface area contributed by atoms with Crippen molar-refractivity contribution in [2.75, 3.05) is 0 Å². The smallest absolute Gasteiger partial charge is 0.336 e. The zero-order chi connectivity index (χ0) is 16.1. The number of rotatable bonds is 3. The van der Waals surface area contributed by atoms with Gasteiger partial charge >= 0.3 is 5.97 Å². The van der Waals surface area contributed by atoms with E-state index in [1.807, 2.05) is 6.92 Å². The standard InChI is InChI=1S/C16H14N2O4/c1-10-6-8-11(9-7-10)14(19)17-18-15(20)12-4-2-3-5-13(12)16(21)22/h2-9H,1H3,(H,17,19)(H,18,20)(H,21,22). The molecule has 0 heterocycles. The summed E-state index contributed by atoms with van der Waals surface area (Å²) in [6, 6.07) is 12.6. The normalized spacial score (nSPS) is 9.86. The van der Waals surface area contributed by atoms with Crippen LogP contribution in [0.4, 0.5) is 0 Å². The second-order valence-electron chi connectivity index (χ2n) is 4.63. The van der Waals surface area contributed by atoms with Crippen LogP contribution >= 0.6 is 0 Å². The lowest BCUT2D eigenvalue weighted by Gasteiger charge is -2.09. The van der Waals surface area contributed by atoms with E-state index < -0.39 is 17.8 Å². The molecule has 0 aromatic heterocycles. The molecule has 0 saturated carbocycles. The van der Waals surface area contributed by atoms with Gasteiger partial charge in [0.15, 0.2) is 0 Å². The van der Waals surface area contributed by atoms with Crippen LogP contribution in [0.15, 0.2) is 48.5 Å². The minimum atomic E-state index is -1.21. The number of carbonyl (C=O) groups excluding carboxylic acids is 2. The van der Waals surface area contributed by atoms with E-state index in [4.69, 9.17) is 5.11 Å². The van der Waals surface area contributed by atoms with Gasteiger partial charge in [0.2, 0.25) is 0 Å². The molecule has 3 N–H and O–H groups in total. The van der Waals surface area contributed by atoms with Gasteiger partial charge in [-0.1, -0.05) is 29.8 Å². The molecule has 0 unspecified atom stereocenters. The predicted octanol–water partition coefficient (Wildman–Crippen LogP) is 1.77. The molecule has 2 aromatic rings. The van der Waals surface area contributed by atoms with Crippen molar-refractivity contribution in [3.8, 4) is 0 Å². The zero-order valence-corrected chi connectivity index (χ0v) is 11.8. The number of amides is 2. The SMILES string of the molecule is Cc1ccc(C(=O)NNC(=O)c2ccccc2C(=O)O)cc1. The van der Waals surface area contributed by atoms with Crippen molar-refractivity contribution in [1.29, 1.82) is 0 Å². The Morgan fingerprint density at radius 1 is 0.818 bits per heavy atom. The van der Waals surface area contributed by atoms with Crippen LogP contribution < -0.4 is 10.9 Å². The second-order valence-corrected chi connectivity index (χ2v) is 4.63. The summed E-state index contributed by atoms with van der Waals surface area (Å²) < 4.78 is 0. The van der Waals surface area contributed by atoms with Crippen molar-refractivity contribution in [3.05, 3.63) is 70.8 Å². The summed E-state index contributed by atoms with van der Waals surface area (Å²) in [5, 5.41) is 9.03. The summed E-state index contributed by atoms with van der Waals surface area (Å²) in [6.07, 6.45) is 0. The Morgan fingerprint density at radius 2 is 1.36 bits per heavy atom. The van der Waals surface area contributed by atoms with Gasteiger partial charge in [-0.25, -0.2) is 4.79 Å². The van der Waals surface area contributed by atoms with Crippen molar-refractivity contribution in [3.63, 3.8) is 0 Å². The van der Waals surface area contributed by atoms with E-state index in [9.17, 15) is 14.4 Å². The van der Waals surface area contributed by atoms with Gasteiger partial charge < -0.3 is 5.11 Å². The van der Waals surface area contributed by atoms with Crippen molar-refractivity contribution in [1.82, 2.24) is 10.9 Å². The van der Waals surface area contributed by atoms with Gasteiger partial charge in [-0.2, -0.15) is 0 Å². The molecule has 0 aliphatic carbocycles. The first kappa shape index (κ1) is 15.2. The Labute approximate surface area is 126 Å². The van der Waals surface area contributed by atoms with Gasteiger partial charge in [0.1, 0.15) is 0 Å². The molecule has 0 bridgehead atoms. The van der Waals surface area contributed by atoms with Gasteiger partial charge in [-0.3, -0.25) is 20.4 Å². The van der Waals surface area contributed by atoms with Crippen molar-refractivity contribution in [2.24, 2.45) is 0 Å². The van der Waals surface area contributed by atoms with Gasteiger partial charge in [0.25, 0.3) is 11.8 Å². The van der Waals surface area contributed by atoms with Crippen LogP contribution in [-0.2, 0) is 0 Å². The van der Waals surface area contributed by atoms with E-state index in [0.29, 0.717) is 5.56 Å². The van der Waals surface area contributed by atoms with Crippen molar-refractivity contribution in [2.45, 2.75) is 6.92 Å². The third-order valence-corrected chi connectivity index (χ3v) is 3.01. The molecule has 22 heavy (non-hydrogen) atoms. The fourth-order valence-electron chi connectivity index (χ4n) is 1.83. The molecule has 0 aliphatic heterocycles. The zero-order valence-electron chi connectivity index (χ0n) is 11.8. The Bertz CT molecular complexity index is 723. The van der Waals surface area contributed by atoms with Crippen molar-refractivity contribution < 1.29 is 19.5 Å². The average molecular weight is 298 g/mol. The summed E-state index contributed by atoms with van der Waals surface area (Å²) in [5.41, 5.74) is 5.69. The molecule has 6 nitrogen and oxygen atoms in total. The highest BCUT2D eigenvalue weighted by Crippen LogP contribution is 2.08. The molecule has 0 fully saturated rings. The summed E-state index contributed by atoms with van der Waals surface area (Å²) in [4.78, 5) is 34.9. The maximum Gasteiger partial charge on any atom is 0.336 e. The maximum atomic E-state index is 12.0. The molecule has 6 heteroatoms. The van der Waals surface area contributed by atoms with Gasteiger partial charge in [-0.05, 0) is 31.2 Å². The molecule has 0 aliphatic rings. The summed E-state index contributed by atoms with van der Waals surface area (Å²) in [5.74, 6) is -2.39. The van der Waals surface area contributed by atoms with Crippen LogP contribution in [0, 0.1) is 6.92 Å². The van der Waals surface area contributed by atoms with Crippen LogP contribution in [0.3, 0.4) is 0 Å². The predicted molar refractivity (Wildman–Crippen MR) is 79.5 cm³/mol. The number of nitrogens with one attached hydrogen (secondary N) is 2. The Balaban J connectivity index is 2.06. The van der Waals surface area contributed by atoms with E-state index in [1.165, 1.54) is 18.2 Å². The fraction of sp³-hybridized carbons (Fsp3) is 0.0625. The van der Waals surface area contributed by atoms with Gasteiger partial charge in [0, 0.05) is 5.56 Å². The molecule has 0 spiro atoms. The summed E-state index contributed by atoms with van der Waals surface area (Å²) in [6.45, 7) is 1.90. The highest BCUT2D eigenvalue weighted by Gasteiger charge is 2.16. The van der Waals surface area contributed by atoms with Gasteiger partial charge in [-0.15, -0.1) is 0 Å². The highest BCUT2D eigenvalue weighted by atomic mass is 16.4. The number of benzene rings is 2. The van der Waals surface area contributed by atoms with Crippen LogP contribution in [0.25, 0.3) is 0 Å². The van der Waals surface area contributed by atoms with E-state index in [2.05, 4.69) is 10.9 Å². The van der Waals surface area contributed by atoms with Crippen LogP contribution in [0.5, 0.6) is 0 Å². The van der Waals surface area contributed by atoms with E-state index in [0.717, 1.165) is 5.56 Å². The number of aromatic carboxylic acids is 1. The van der Waals surface area contributed by atoms with Crippen LogP contribution in [-0.4, -0.2) is 22.9 Å². The number of hydrazine groups is 1. The first-order chi connectivity index (χ1) is 10.5. The lowest BCUT2D eigenvalue weighted by atomic mass is 10.1. The molecule has 0 radical (unpaired) electrons. The van der Waals surface area contributed by atoms with Gasteiger partial charge in [0.05, 0.1) is 11.1 Å². The average Bonchev–Trinajstić information content (AvgIpc) is 2.53. The van der Waals surface area contributed by atoms with Crippen molar-refractivity contribution >= 4 is 17.8 Å². The number of aryl methyl sites for hydroxylation is 1. The molecule has 112 valence electrons. The van der Waals surface area contributed by atoms with Crippen LogP contribution in [0.1, 0.15) is 36.6 Å². The topological polar surface area (TPSA) is 95.5 Å². The number of carboxylic acids is 1. The quantitative estimate of drug-likeness (QED) is 0.752. The van der Waals surface area contributed by atoms with E-state index in [-0.39, 0.29) is 11.1 Å². The van der Waals surface area contributed by atoms with Crippen LogP contribution in [0.2, 0.25) is 0 Å². The Hall–Kier alpha value is -3.15. The fourth-order valence-corrected chi connectivity index (χ4v) is 1.83. The minimum absolute atomic E-state index is 0.0285. The molecular weight excluding hydrogens is 284 g/mol. The number of carbonyl (C=O) groups is 3.